The third-order valence-electron chi connectivity index (χ3n) is 6.60. The Morgan fingerprint density at radius 2 is 1.77 bits per heavy atom. The van der Waals surface area contributed by atoms with Gasteiger partial charge in [-0.05, 0) is 99.1 Å². The second kappa shape index (κ2) is 8.94. The van der Waals surface area contributed by atoms with Gasteiger partial charge in [0.1, 0.15) is 12.7 Å². The predicted octanol–water partition coefficient (Wildman–Crippen LogP) is 4.22. The number of likely N-dealkylation sites (tertiary alicyclic amines) is 1. The molecule has 6 nitrogen and oxygen atoms in total. The lowest BCUT2D eigenvalue weighted by molar-refractivity contribution is 0.182. The van der Waals surface area contributed by atoms with Gasteiger partial charge in [-0.2, -0.15) is 0 Å². The monoisotopic (exact) mass is 414 g/mol. The largest absolute Gasteiger partial charge is 0.399 e. The van der Waals surface area contributed by atoms with Crippen molar-refractivity contribution in [3.63, 3.8) is 0 Å². The summed E-state index contributed by atoms with van der Waals surface area (Å²) in [4.78, 5) is 6.06. The van der Waals surface area contributed by atoms with E-state index in [1.807, 2.05) is 16.7 Å². The number of nitrogens with one attached hydrogen (secondary N) is 1. The zero-order valence-corrected chi connectivity index (χ0v) is 17.9. The summed E-state index contributed by atoms with van der Waals surface area (Å²) in [6.45, 7) is 3.60. The second-order valence-electron chi connectivity index (χ2n) is 8.75. The zero-order valence-electron chi connectivity index (χ0n) is 17.9. The summed E-state index contributed by atoms with van der Waals surface area (Å²) in [6, 6.07) is 14.9. The van der Waals surface area contributed by atoms with E-state index in [2.05, 4.69) is 56.6 Å². The van der Waals surface area contributed by atoms with Crippen LogP contribution in [0.5, 0.6) is 0 Å². The topological polar surface area (TPSA) is 75.8 Å². The Kier molecular flexibility index (Phi) is 5.71. The first kappa shape index (κ1) is 19.8. The average Bonchev–Trinajstić information content (AvgIpc) is 3.47. The number of aryl methyl sites for hydroxylation is 1. The van der Waals surface area contributed by atoms with E-state index in [1.54, 1.807) is 12.7 Å². The zero-order chi connectivity index (χ0) is 21.0. The van der Waals surface area contributed by atoms with E-state index < -0.39 is 0 Å². The Bertz CT molecular complexity index is 1100. The number of fused-ring (bicyclic) bond motifs is 1. The van der Waals surface area contributed by atoms with Gasteiger partial charge < -0.3 is 15.6 Å². The fourth-order valence-corrected chi connectivity index (χ4v) is 4.76. The van der Waals surface area contributed by atoms with Crippen LogP contribution in [-0.2, 0) is 12.8 Å². The molecule has 1 fully saturated rings. The molecule has 0 saturated carbocycles. The summed E-state index contributed by atoms with van der Waals surface area (Å²) in [5.74, 6) is 0.796. The third-order valence-corrected chi connectivity index (χ3v) is 6.60. The van der Waals surface area contributed by atoms with Gasteiger partial charge in [-0.15, -0.1) is 10.2 Å². The van der Waals surface area contributed by atoms with Crippen LogP contribution in [0.25, 0.3) is 16.6 Å². The molecule has 6 heteroatoms. The molecular formula is C25H30N6. The minimum absolute atomic E-state index is 0.796. The van der Waals surface area contributed by atoms with Gasteiger partial charge in [0.25, 0.3) is 0 Å². The molecule has 5 rings (SSSR count). The van der Waals surface area contributed by atoms with Crippen molar-refractivity contribution in [2.24, 2.45) is 5.92 Å². The van der Waals surface area contributed by atoms with Crippen LogP contribution in [0, 0.1) is 5.92 Å². The molecule has 0 aliphatic carbocycles. The van der Waals surface area contributed by atoms with E-state index in [4.69, 9.17) is 5.73 Å². The number of H-pyrrole nitrogens is 1. The van der Waals surface area contributed by atoms with Gasteiger partial charge in [0.2, 0.25) is 0 Å². The number of hydrogen-bond acceptors (Lipinski definition) is 4. The number of anilines is 1. The number of nitrogens with zero attached hydrogens (tertiary/aromatic N) is 4. The van der Waals surface area contributed by atoms with Crippen LogP contribution in [0.15, 0.2) is 61.3 Å². The van der Waals surface area contributed by atoms with Gasteiger partial charge >= 0.3 is 0 Å². The summed E-state index contributed by atoms with van der Waals surface area (Å²) in [7, 11) is 0. The van der Waals surface area contributed by atoms with Crippen LogP contribution in [0.4, 0.5) is 5.69 Å². The number of aromatic nitrogens is 4. The lowest BCUT2D eigenvalue weighted by atomic mass is 9.90. The van der Waals surface area contributed by atoms with Crippen LogP contribution in [0.2, 0.25) is 0 Å². The molecule has 160 valence electrons. The number of nitrogen functional groups attached to an aromatic ring is 1. The molecule has 2 aromatic heterocycles. The molecule has 31 heavy (non-hydrogen) atoms. The molecule has 2 aromatic carbocycles. The Labute approximate surface area is 183 Å². The number of hydrogen-bond donors (Lipinski definition) is 2. The summed E-state index contributed by atoms with van der Waals surface area (Å²) < 4.78 is 1.95. The van der Waals surface area contributed by atoms with Crippen molar-refractivity contribution < 1.29 is 0 Å². The lowest BCUT2D eigenvalue weighted by Gasteiger charge is -2.32. The molecule has 1 aliphatic heterocycles. The number of aromatic amines is 1. The number of piperidine rings is 1. The van der Waals surface area contributed by atoms with Gasteiger partial charge in [0.15, 0.2) is 0 Å². The van der Waals surface area contributed by atoms with Crippen molar-refractivity contribution in [2.45, 2.75) is 32.1 Å². The summed E-state index contributed by atoms with van der Waals surface area (Å²) >= 11 is 0. The molecule has 1 aliphatic rings. The molecule has 0 bridgehead atoms. The predicted molar refractivity (Wildman–Crippen MR) is 125 cm³/mol. The molecular weight excluding hydrogens is 384 g/mol. The van der Waals surface area contributed by atoms with Crippen molar-refractivity contribution in [3.8, 4) is 5.69 Å². The summed E-state index contributed by atoms with van der Waals surface area (Å²) in [5, 5.41) is 9.13. The van der Waals surface area contributed by atoms with Crippen molar-refractivity contribution in [3.05, 3.63) is 72.4 Å². The molecule has 0 amide bonds. The lowest BCUT2D eigenvalue weighted by Crippen LogP contribution is -2.35. The Morgan fingerprint density at radius 1 is 1.00 bits per heavy atom. The van der Waals surface area contributed by atoms with Crippen LogP contribution < -0.4 is 5.73 Å². The van der Waals surface area contributed by atoms with Crippen LogP contribution in [-0.4, -0.2) is 44.3 Å². The second-order valence-corrected chi connectivity index (χ2v) is 8.75. The summed E-state index contributed by atoms with van der Waals surface area (Å²) in [5.41, 5.74) is 11.8. The van der Waals surface area contributed by atoms with Crippen LogP contribution in [0.3, 0.4) is 0 Å². The molecule has 4 aromatic rings. The minimum Gasteiger partial charge on any atom is -0.399 e. The van der Waals surface area contributed by atoms with E-state index in [-0.39, 0.29) is 0 Å². The Hall–Kier alpha value is -3.12. The fourth-order valence-electron chi connectivity index (χ4n) is 4.76. The number of rotatable bonds is 7. The molecule has 0 unspecified atom stereocenters. The molecule has 3 N–H and O–H groups in total. The first-order chi connectivity index (χ1) is 15.2. The highest BCUT2D eigenvalue weighted by molar-refractivity contribution is 5.85. The van der Waals surface area contributed by atoms with E-state index in [1.165, 1.54) is 67.3 Å². The van der Waals surface area contributed by atoms with E-state index >= 15 is 0 Å². The highest BCUT2D eigenvalue weighted by Crippen LogP contribution is 2.25. The molecule has 1 saturated heterocycles. The van der Waals surface area contributed by atoms with Crippen molar-refractivity contribution >= 4 is 16.6 Å². The van der Waals surface area contributed by atoms with E-state index in [0.29, 0.717) is 0 Å². The van der Waals surface area contributed by atoms with Gasteiger partial charge in [-0.3, -0.25) is 4.57 Å². The van der Waals surface area contributed by atoms with Crippen LogP contribution in [0.1, 0.15) is 30.4 Å². The van der Waals surface area contributed by atoms with Crippen LogP contribution >= 0.6 is 0 Å². The Morgan fingerprint density at radius 3 is 2.55 bits per heavy atom. The van der Waals surface area contributed by atoms with Gasteiger partial charge in [0.05, 0.1) is 0 Å². The Balaban J connectivity index is 1.12. The average molecular weight is 415 g/mol. The molecule has 3 heterocycles. The van der Waals surface area contributed by atoms with Crippen molar-refractivity contribution in [1.82, 2.24) is 24.6 Å². The van der Waals surface area contributed by atoms with Crippen molar-refractivity contribution in [2.75, 3.05) is 25.4 Å². The number of nitrogens with two attached hydrogens (primary N) is 1. The summed E-state index contributed by atoms with van der Waals surface area (Å²) in [6.07, 6.45) is 11.7. The third kappa shape index (κ3) is 4.64. The van der Waals surface area contributed by atoms with Gasteiger partial charge in [-0.25, -0.2) is 0 Å². The maximum absolute atomic E-state index is 5.81. The first-order valence-corrected chi connectivity index (χ1v) is 11.3. The standard InChI is InChI=1S/C25H30N6/c26-22-5-3-19(4-6-22)14-20-9-12-30(13-10-20)11-1-2-21-16-27-25-8-7-23(15-24(21)25)31-17-28-29-18-31/h3-8,15-18,20,27H,1-2,9-14,26H2. The van der Waals surface area contributed by atoms with Gasteiger partial charge in [0, 0.05) is 28.5 Å². The number of benzene rings is 2. The maximum atomic E-state index is 5.81. The minimum atomic E-state index is 0.796. The smallest absolute Gasteiger partial charge is 0.123 e. The SMILES string of the molecule is Nc1ccc(CC2CCN(CCCc3c[nH]c4ccc(-n5cnnc5)cc34)CC2)cc1. The van der Waals surface area contributed by atoms with Crippen molar-refractivity contribution in [1.29, 1.82) is 0 Å². The molecule has 0 radical (unpaired) electrons. The van der Waals surface area contributed by atoms with E-state index in [0.717, 1.165) is 23.7 Å². The fraction of sp³-hybridized carbons (Fsp3) is 0.360. The molecule has 0 spiro atoms. The quantitative estimate of drug-likeness (QED) is 0.444. The normalized spacial score (nSPS) is 15.6. The highest BCUT2D eigenvalue weighted by Gasteiger charge is 2.19. The van der Waals surface area contributed by atoms with E-state index in [9.17, 15) is 0 Å². The maximum Gasteiger partial charge on any atom is 0.123 e. The molecule has 0 atom stereocenters. The first-order valence-electron chi connectivity index (χ1n) is 11.3. The highest BCUT2D eigenvalue weighted by atomic mass is 15.2. The van der Waals surface area contributed by atoms with Gasteiger partial charge in [-0.1, -0.05) is 12.1 Å².